The van der Waals surface area contributed by atoms with Crippen LogP contribution in [0.2, 0.25) is 0 Å². The van der Waals surface area contributed by atoms with Gasteiger partial charge in [0.15, 0.2) is 11.7 Å². The second kappa shape index (κ2) is 9.43. The van der Waals surface area contributed by atoms with Gasteiger partial charge in [0, 0.05) is 49.7 Å². The number of pyridine rings is 1. The van der Waals surface area contributed by atoms with Gasteiger partial charge in [-0.2, -0.15) is 10.2 Å². The Balaban J connectivity index is 1.70. The number of hydrogen-bond acceptors (Lipinski definition) is 8. The topological polar surface area (TPSA) is 121 Å². The van der Waals surface area contributed by atoms with Gasteiger partial charge in [0.25, 0.3) is 0 Å². The summed E-state index contributed by atoms with van der Waals surface area (Å²) in [5.41, 5.74) is 9.20. The van der Waals surface area contributed by atoms with Crippen LogP contribution in [0, 0.1) is 6.92 Å². The fourth-order valence-corrected chi connectivity index (χ4v) is 4.93. The standard InChI is InChI=1S/C26H26N10O/c1-16-32-23-19(25(27-2)33-28-3)12-17(35-8-10-37-11-9-35)13-22(23)36(16)24-18-6-4-5-7-21(18)29-14-20(24)26-30-15-31-34-26/h4-7,12-15H,3,8-11H2,1-2H3,(H,27,33)(H,30,31,34). The van der Waals surface area contributed by atoms with E-state index in [1.165, 1.54) is 6.33 Å². The highest BCUT2D eigenvalue weighted by Gasteiger charge is 2.24. The number of hydrogen-bond donors (Lipinski definition) is 2. The molecule has 1 aliphatic heterocycles. The zero-order chi connectivity index (χ0) is 25.4. The number of aliphatic imine (C=N–C) groups is 1. The second-order valence-corrected chi connectivity index (χ2v) is 8.67. The molecule has 11 nitrogen and oxygen atoms in total. The van der Waals surface area contributed by atoms with Crippen LogP contribution >= 0.6 is 0 Å². The van der Waals surface area contributed by atoms with Gasteiger partial charge in [-0.05, 0) is 25.1 Å². The summed E-state index contributed by atoms with van der Waals surface area (Å²) >= 11 is 0. The van der Waals surface area contributed by atoms with Crippen molar-refractivity contribution in [3.05, 3.63) is 60.3 Å². The minimum Gasteiger partial charge on any atom is -0.378 e. The third-order valence-corrected chi connectivity index (χ3v) is 6.59. The van der Waals surface area contributed by atoms with Crippen molar-refractivity contribution < 1.29 is 4.74 Å². The third kappa shape index (κ3) is 3.89. The highest BCUT2D eigenvalue weighted by Crippen LogP contribution is 2.36. The number of para-hydroxylation sites is 1. The van der Waals surface area contributed by atoms with Crippen LogP contribution in [0.25, 0.3) is 39.0 Å². The number of amidine groups is 1. The third-order valence-electron chi connectivity index (χ3n) is 6.59. The van der Waals surface area contributed by atoms with Crippen molar-refractivity contribution in [1.82, 2.24) is 35.1 Å². The van der Waals surface area contributed by atoms with E-state index in [1.54, 1.807) is 7.05 Å². The maximum atomic E-state index is 5.61. The Morgan fingerprint density at radius 3 is 2.76 bits per heavy atom. The van der Waals surface area contributed by atoms with Crippen LogP contribution in [0.1, 0.15) is 11.4 Å². The first-order chi connectivity index (χ1) is 18.2. The molecule has 0 atom stereocenters. The fraction of sp³-hybridized carbons (Fsp3) is 0.231. The summed E-state index contributed by atoms with van der Waals surface area (Å²) < 4.78 is 7.77. The van der Waals surface area contributed by atoms with Gasteiger partial charge in [0.2, 0.25) is 0 Å². The number of aromatic amines is 1. The maximum Gasteiger partial charge on any atom is 0.159 e. The van der Waals surface area contributed by atoms with E-state index in [1.807, 2.05) is 31.3 Å². The Hall–Kier alpha value is -4.64. The number of morpholine rings is 1. The molecule has 0 amide bonds. The molecule has 0 radical (unpaired) electrons. The van der Waals surface area contributed by atoms with Crippen molar-refractivity contribution in [2.45, 2.75) is 6.92 Å². The summed E-state index contributed by atoms with van der Waals surface area (Å²) in [6.07, 6.45) is 3.33. The highest BCUT2D eigenvalue weighted by atomic mass is 16.5. The van der Waals surface area contributed by atoms with E-state index in [4.69, 9.17) is 14.7 Å². The largest absolute Gasteiger partial charge is 0.378 e. The number of nitrogens with one attached hydrogen (secondary N) is 2. The molecule has 0 unspecified atom stereocenters. The Bertz CT molecular complexity index is 1630. The molecule has 1 fully saturated rings. The molecule has 186 valence electrons. The maximum absolute atomic E-state index is 5.61. The lowest BCUT2D eigenvalue weighted by Crippen LogP contribution is -2.36. The monoisotopic (exact) mass is 494 g/mol. The van der Waals surface area contributed by atoms with Crippen molar-refractivity contribution >= 4 is 40.2 Å². The minimum absolute atomic E-state index is 0.592. The number of aromatic nitrogens is 6. The van der Waals surface area contributed by atoms with E-state index < -0.39 is 0 Å². The molecule has 2 N–H and O–H groups in total. The van der Waals surface area contributed by atoms with Crippen LogP contribution in [-0.2, 0) is 4.74 Å². The molecule has 4 heterocycles. The number of rotatable bonds is 5. The van der Waals surface area contributed by atoms with Gasteiger partial charge in [0.1, 0.15) is 17.7 Å². The Labute approximate surface area is 212 Å². The first kappa shape index (κ1) is 22.8. The molecule has 6 rings (SSSR count). The number of ether oxygens (including phenoxy) is 1. The van der Waals surface area contributed by atoms with Crippen molar-refractivity contribution in [2.24, 2.45) is 10.1 Å². The van der Waals surface area contributed by atoms with Gasteiger partial charge in [-0.25, -0.2) is 9.97 Å². The van der Waals surface area contributed by atoms with Gasteiger partial charge in [-0.15, -0.1) is 0 Å². The molecule has 11 heteroatoms. The van der Waals surface area contributed by atoms with Crippen LogP contribution < -0.4 is 10.3 Å². The van der Waals surface area contributed by atoms with E-state index in [0.717, 1.165) is 63.4 Å². The summed E-state index contributed by atoms with van der Waals surface area (Å²) in [6.45, 7) is 8.54. The quantitative estimate of drug-likeness (QED) is 0.219. The molecule has 1 aliphatic rings. The van der Waals surface area contributed by atoms with Crippen molar-refractivity contribution in [3.8, 4) is 17.1 Å². The summed E-state index contributed by atoms with van der Waals surface area (Å²) in [7, 11) is 1.73. The summed E-state index contributed by atoms with van der Waals surface area (Å²) in [5, 5.41) is 11.9. The van der Waals surface area contributed by atoms with Gasteiger partial charge >= 0.3 is 0 Å². The Kier molecular flexibility index (Phi) is 5.81. The second-order valence-electron chi connectivity index (χ2n) is 8.67. The smallest absolute Gasteiger partial charge is 0.159 e. The zero-order valence-electron chi connectivity index (χ0n) is 20.6. The average Bonchev–Trinajstić information content (AvgIpc) is 3.59. The van der Waals surface area contributed by atoms with Gasteiger partial charge in [-0.3, -0.25) is 25.1 Å². The van der Waals surface area contributed by atoms with E-state index in [0.29, 0.717) is 24.9 Å². The van der Waals surface area contributed by atoms with Crippen LogP contribution in [0.5, 0.6) is 0 Å². The number of imidazole rings is 1. The van der Waals surface area contributed by atoms with Gasteiger partial charge < -0.3 is 9.64 Å². The average molecular weight is 495 g/mol. The number of aryl methyl sites for hydroxylation is 1. The Morgan fingerprint density at radius 1 is 1.16 bits per heavy atom. The summed E-state index contributed by atoms with van der Waals surface area (Å²) in [4.78, 5) is 20.9. The molecule has 0 bridgehead atoms. The summed E-state index contributed by atoms with van der Waals surface area (Å²) in [5.74, 6) is 2.04. The Morgan fingerprint density at radius 2 is 2.00 bits per heavy atom. The fourth-order valence-electron chi connectivity index (χ4n) is 4.93. The molecule has 5 aromatic rings. The minimum atomic E-state index is 0.592. The molecular weight excluding hydrogens is 468 g/mol. The van der Waals surface area contributed by atoms with Crippen LogP contribution in [0.3, 0.4) is 0 Å². The normalized spacial score (nSPS) is 14.4. The SMILES string of the molecule is C=NNC(=NC)c1cc(N2CCOCC2)cc2c1nc(C)n2-c1c(-c2ncn[nH]2)cnc2ccccc12. The van der Waals surface area contributed by atoms with Crippen molar-refractivity contribution in [3.63, 3.8) is 0 Å². The van der Waals surface area contributed by atoms with E-state index in [-0.39, 0.29) is 0 Å². The number of nitrogens with zero attached hydrogens (tertiary/aromatic N) is 8. The van der Waals surface area contributed by atoms with Gasteiger partial charge in [-0.1, -0.05) is 18.2 Å². The van der Waals surface area contributed by atoms with Crippen molar-refractivity contribution in [2.75, 3.05) is 38.3 Å². The van der Waals surface area contributed by atoms with E-state index in [9.17, 15) is 0 Å². The number of anilines is 1. The van der Waals surface area contributed by atoms with Crippen LogP contribution in [0.15, 0.2) is 59.0 Å². The number of benzene rings is 2. The molecule has 0 saturated carbocycles. The highest BCUT2D eigenvalue weighted by molar-refractivity contribution is 6.10. The lowest BCUT2D eigenvalue weighted by molar-refractivity contribution is 0.122. The molecule has 0 spiro atoms. The first-order valence-electron chi connectivity index (χ1n) is 12.0. The van der Waals surface area contributed by atoms with E-state index in [2.05, 4.69) is 65.1 Å². The molecule has 1 saturated heterocycles. The lowest BCUT2D eigenvalue weighted by Gasteiger charge is -2.29. The van der Waals surface area contributed by atoms with Crippen molar-refractivity contribution in [1.29, 1.82) is 0 Å². The van der Waals surface area contributed by atoms with Crippen LogP contribution in [-0.4, -0.2) is 75.6 Å². The number of fused-ring (bicyclic) bond motifs is 2. The summed E-state index contributed by atoms with van der Waals surface area (Å²) in [6, 6.07) is 12.4. The number of hydrazone groups is 1. The van der Waals surface area contributed by atoms with Gasteiger partial charge in [0.05, 0.1) is 35.5 Å². The molecular formula is C26H26N10O. The first-order valence-corrected chi connectivity index (χ1v) is 12.0. The van der Waals surface area contributed by atoms with E-state index >= 15 is 0 Å². The number of H-pyrrole nitrogens is 1. The molecule has 3 aromatic heterocycles. The molecule has 37 heavy (non-hydrogen) atoms. The molecule has 0 aliphatic carbocycles. The predicted octanol–water partition coefficient (Wildman–Crippen LogP) is 3.09. The van der Waals surface area contributed by atoms with Crippen LogP contribution in [0.4, 0.5) is 5.69 Å². The lowest BCUT2D eigenvalue weighted by atomic mass is 10.1. The predicted molar refractivity (Wildman–Crippen MR) is 145 cm³/mol. The molecule has 2 aromatic carbocycles. The zero-order valence-corrected chi connectivity index (χ0v) is 20.6.